The van der Waals surface area contributed by atoms with Crippen molar-refractivity contribution in [2.45, 2.75) is 37.3 Å². The van der Waals surface area contributed by atoms with Crippen LogP contribution in [0.15, 0.2) is 89.7 Å². The molecule has 0 bridgehead atoms. The second kappa shape index (κ2) is 12.3. The van der Waals surface area contributed by atoms with Gasteiger partial charge in [0.05, 0.1) is 23.1 Å². The molecule has 0 spiro atoms. The summed E-state index contributed by atoms with van der Waals surface area (Å²) in [6.07, 6.45) is 8.11. The number of fused-ring (bicyclic) bond motifs is 1. The number of rotatable bonds is 6. The molecule has 2 aliphatic rings. The highest BCUT2D eigenvalue weighted by Crippen LogP contribution is 2.37. The quantitative estimate of drug-likeness (QED) is 0.300. The lowest BCUT2D eigenvalue weighted by atomic mass is 9.79. The number of likely N-dealkylation sites (tertiary alicyclic amines) is 2. The van der Waals surface area contributed by atoms with Crippen molar-refractivity contribution in [3.8, 4) is 10.4 Å². The number of nitrogens with zero attached hydrogens (tertiary/aromatic N) is 6. The smallest absolute Gasteiger partial charge is 0.262 e. The minimum atomic E-state index is -1.12. The molecule has 2 aliphatic heterocycles. The molecule has 7 rings (SSSR count). The minimum absolute atomic E-state index is 0.0281. The number of piperidine rings is 2. The normalized spacial score (nSPS) is 19.8. The molecule has 0 aliphatic carbocycles. The molecular weight excluding hydrogens is 600 g/mol. The predicted molar refractivity (Wildman–Crippen MR) is 176 cm³/mol. The summed E-state index contributed by atoms with van der Waals surface area (Å²) in [6.45, 7) is 1.87. The molecule has 10 nitrogen and oxygen atoms in total. The second-order valence-corrected chi connectivity index (χ2v) is 13.4. The van der Waals surface area contributed by atoms with Crippen molar-refractivity contribution in [2.24, 2.45) is 13.0 Å². The average Bonchev–Trinajstić information content (AvgIpc) is 3.74. The van der Waals surface area contributed by atoms with E-state index in [2.05, 4.69) is 9.97 Å². The lowest BCUT2D eigenvalue weighted by Crippen LogP contribution is -2.53. The Balaban J connectivity index is 1.04. The van der Waals surface area contributed by atoms with Gasteiger partial charge in [-0.05, 0) is 43.0 Å². The van der Waals surface area contributed by atoms with Gasteiger partial charge in [-0.1, -0.05) is 36.4 Å². The Kier molecular flexibility index (Phi) is 8.04. The number of benzene rings is 1. The molecule has 2 saturated heterocycles. The van der Waals surface area contributed by atoms with Crippen molar-refractivity contribution in [3.05, 3.63) is 106 Å². The van der Waals surface area contributed by atoms with Crippen LogP contribution in [0.2, 0.25) is 0 Å². The molecule has 6 heterocycles. The fourth-order valence-corrected chi connectivity index (χ4v) is 7.78. The van der Waals surface area contributed by atoms with Crippen LogP contribution in [-0.4, -0.2) is 77.6 Å². The van der Waals surface area contributed by atoms with Crippen LogP contribution in [0.5, 0.6) is 0 Å². The molecule has 236 valence electrons. The second-order valence-electron chi connectivity index (χ2n) is 12.5. The highest BCUT2D eigenvalue weighted by Gasteiger charge is 2.41. The van der Waals surface area contributed by atoms with Crippen molar-refractivity contribution in [2.75, 3.05) is 26.2 Å². The van der Waals surface area contributed by atoms with Crippen molar-refractivity contribution in [1.82, 2.24) is 28.9 Å². The van der Waals surface area contributed by atoms with E-state index in [1.165, 1.54) is 22.2 Å². The first kappa shape index (κ1) is 30.1. The molecule has 46 heavy (non-hydrogen) atoms. The van der Waals surface area contributed by atoms with E-state index in [4.69, 9.17) is 0 Å². The van der Waals surface area contributed by atoms with Gasteiger partial charge in [0.25, 0.3) is 11.5 Å². The molecule has 1 aromatic carbocycles. The van der Waals surface area contributed by atoms with Crippen LogP contribution >= 0.6 is 11.3 Å². The zero-order chi connectivity index (χ0) is 31.8. The van der Waals surface area contributed by atoms with Crippen LogP contribution in [0.3, 0.4) is 0 Å². The van der Waals surface area contributed by atoms with Crippen molar-refractivity contribution < 1.29 is 14.7 Å². The number of thiophene rings is 1. The summed E-state index contributed by atoms with van der Waals surface area (Å²) in [4.78, 5) is 54.1. The summed E-state index contributed by atoms with van der Waals surface area (Å²) in [5.41, 5.74) is 1.98. The van der Waals surface area contributed by atoms with Crippen LogP contribution in [-0.2, 0) is 18.4 Å². The van der Waals surface area contributed by atoms with E-state index in [1.807, 2.05) is 70.8 Å². The monoisotopic (exact) mass is 636 g/mol. The van der Waals surface area contributed by atoms with Crippen LogP contribution in [0.25, 0.3) is 21.5 Å². The number of amides is 2. The maximum atomic E-state index is 14.1. The first-order valence-corrected chi connectivity index (χ1v) is 16.5. The molecule has 0 saturated carbocycles. The highest BCUT2D eigenvalue weighted by atomic mass is 32.1. The van der Waals surface area contributed by atoms with Gasteiger partial charge in [-0.3, -0.25) is 23.9 Å². The van der Waals surface area contributed by atoms with E-state index in [-0.39, 0.29) is 35.8 Å². The molecule has 5 aromatic rings. The van der Waals surface area contributed by atoms with E-state index in [0.717, 1.165) is 16.0 Å². The Morgan fingerprint density at radius 2 is 1.85 bits per heavy atom. The summed E-state index contributed by atoms with van der Waals surface area (Å²) < 4.78 is 3.27. The number of carbonyl (C=O) groups is 2. The number of pyridine rings is 1. The van der Waals surface area contributed by atoms with E-state index in [1.54, 1.807) is 29.2 Å². The van der Waals surface area contributed by atoms with Gasteiger partial charge in [-0.2, -0.15) is 0 Å². The Hall–Kier alpha value is -4.61. The summed E-state index contributed by atoms with van der Waals surface area (Å²) in [5.74, 6) is -0.397. The van der Waals surface area contributed by atoms with Crippen molar-refractivity contribution in [3.63, 3.8) is 0 Å². The van der Waals surface area contributed by atoms with Gasteiger partial charge in [0.2, 0.25) is 5.91 Å². The van der Waals surface area contributed by atoms with E-state index in [0.29, 0.717) is 62.0 Å². The largest absolute Gasteiger partial charge is 0.388 e. The molecule has 0 unspecified atom stereocenters. The molecule has 4 aromatic heterocycles. The van der Waals surface area contributed by atoms with Gasteiger partial charge < -0.3 is 19.5 Å². The van der Waals surface area contributed by atoms with Crippen LogP contribution in [0.1, 0.15) is 41.1 Å². The van der Waals surface area contributed by atoms with Gasteiger partial charge >= 0.3 is 0 Å². The van der Waals surface area contributed by atoms with Gasteiger partial charge in [0, 0.05) is 79.5 Å². The predicted octanol–water partition coefficient (Wildman–Crippen LogP) is 4.16. The number of aryl methyl sites for hydroxylation is 1. The van der Waals surface area contributed by atoms with E-state index >= 15 is 0 Å². The third-order valence-corrected chi connectivity index (χ3v) is 10.5. The Morgan fingerprint density at radius 1 is 1.04 bits per heavy atom. The van der Waals surface area contributed by atoms with E-state index < -0.39 is 5.60 Å². The third kappa shape index (κ3) is 5.76. The topological polar surface area (TPSA) is 114 Å². The summed E-state index contributed by atoms with van der Waals surface area (Å²) >= 11 is 1.53. The first-order valence-electron chi connectivity index (χ1n) is 15.6. The zero-order valence-electron chi connectivity index (χ0n) is 25.7. The minimum Gasteiger partial charge on any atom is -0.388 e. The molecule has 11 heteroatoms. The average molecular weight is 637 g/mol. The summed E-state index contributed by atoms with van der Waals surface area (Å²) in [7, 11) is 1.84. The number of hydrogen-bond donors (Lipinski definition) is 1. The van der Waals surface area contributed by atoms with Crippen molar-refractivity contribution >= 4 is 34.2 Å². The lowest BCUT2D eigenvalue weighted by Gasteiger charge is -2.43. The zero-order valence-corrected chi connectivity index (χ0v) is 26.5. The molecule has 2 atom stereocenters. The van der Waals surface area contributed by atoms with E-state index in [9.17, 15) is 19.5 Å². The maximum absolute atomic E-state index is 14.1. The van der Waals surface area contributed by atoms with Gasteiger partial charge in [0.15, 0.2) is 0 Å². The maximum Gasteiger partial charge on any atom is 0.262 e. The third-order valence-electron chi connectivity index (χ3n) is 9.56. The fourth-order valence-electron chi connectivity index (χ4n) is 6.91. The van der Waals surface area contributed by atoms with Crippen LogP contribution in [0.4, 0.5) is 0 Å². The molecule has 0 radical (unpaired) electrons. The van der Waals surface area contributed by atoms with Crippen molar-refractivity contribution in [1.29, 1.82) is 0 Å². The molecule has 1 N–H and O–H groups in total. The Labute approximate surface area is 270 Å². The Bertz CT molecular complexity index is 1930. The number of aliphatic hydroxyl groups is 1. The Morgan fingerprint density at radius 3 is 2.61 bits per heavy atom. The summed E-state index contributed by atoms with van der Waals surface area (Å²) in [5, 5.41) is 13.9. The molecule has 2 fully saturated rings. The highest BCUT2D eigenvalue weighted by molar-refractivity contribution is 7.13. The molecule has 2 amide bonds. The lowest BCUT2D eigenvalue weighted by molar-refractivity contribution is -0.142. The number of hydrogen-bond acceptors (Lipinski definition) is 7. The standard InChI is InChI=1S/C35H36N6O4S/c1-38-14-9-28-31(38)37-23-41(34(28)44)22-35(45)11-16-39(17-12-35)33(43)27-10-15-40(20-29(27)24-6-3-2-4-7-24)32(42)26-18-30(46-21-26)25-8-5-13-36-19-25/h2-9,13-14,18-19,21,23,27,29,45H,10-12,15-17,20,22H2,1H3/t27-,29+/m1/s1. The number of carbonyl (C=O) groups excluding carboxylic acids is 2. The SMILES string of the molecule is Cn1ccc2c(=O)n(CC3(O)CCN(C(=O)[C@@H]4CCN(C(=O)c5csc(-c6cccnc6)c5)C[C@H]4c4ccccc4)CC3)cnc21. The van der Waals surface area contributed by atoms with Gasteiger partial charge in [-0.15, -0.1) is 11.3 Å². The molecular formula is C35H36N6O4S. The van der Waals surface area contributed by atoms with Gasteiger partial charge in [-0.25, -0.2) is 4.98 Å². The van der Waals surface area contributed by atoms with Crippen LogP contribution in [0, 0.1) is 5.92 Å². The summed E-state index contributed by atoms with van der Waals surface area (Å²) in [6, 6.07) is 17.5. The first-order chi connectivity index (χ1) is 22.3. The fraction of sp³-hybridized carbons (Fsp3) is 0.343. The number of aromatic nitrogens is 4. The van der Waals surface area contributed by atoms with Gasteiger partial charge in [0.1, 0.15) is 12.0 Å². The van der Waals surface area contributed by atoms with Crippen LogP contribution < -0.4 is 5.56 Å².